The molecule has 0 aliphatic carbocycles. The van der Waals surface area contributed by atoms with Gasteiger partial charge in [-0.2, -0.15) is 0 Å². The standard InChI is InChI=1S/C25H26FNO4/c1-16(2)18-7-5-17(6-8-18)14-27(15-20-4-3-11-30-20)25(29)24-13-22(28)21-12-19(26)9-10-23(21)31-24/h5-10,12-13,16,20H,3-4,11,14-15H2,1-2H3/t20-/m1/s1. The third-order valence-corrected chi connectivity index (χ3v) is 5.66. The Bertz CT molecular complexity index is 1130. The number of rotatable bonds is 6. The molecule has 0 saturated carbocycles. The first-order valence-electron chi connectivity index (χ1n) is 10.6. The summed E-state index contributed by atoms with van der Waals surface area (Å²) in [5.74, 6) is -0.535. The molecule has 1 fully saturated rings. The van der Waals surface area contributed by atoms with Gasteiger partial charge >= 0.3 is 0 Å². The second-order valence-corrected chi connectivity index (χ2v) is 8.33. The monoisotopic (exact) mass is 423 g/mol. The number of carbonyl (C=O) groups excluding carboxylic acids is 1. The molecular formula is C25H26FNO4. The highest BCUT2D eigenvalue weighted by molar-refractivity contribution is 5.93. The van der Waals surface area contributed by atoms with Gasteiger partial charge in [-0.25, -0.2) is 4.39 Å². The van der Waals surface area contributed by atoms with Gasteiger partial charge in [0.1, 0.15) is 11.4 Å². The Hall–Kier alpha value is -2.99. The number of halogens is 1. The van der Waals surface area contributed by atoms with Crippen molar-refractivity contribution in [3.63, 3.8) is 0 Å². The average Bonchev–Trinajstić information content (AvgIpc) is 3.26. The third kappa shape index (κ3) is 4.85. The quantitative estimate of drug-likeness (QED) is 0.567. The van der Waals surface area contributed by atoms with E-state index in [0.29, 0.717) is 25.6 Å². The zero-order chi connectivity index (χ0) is 22.0. The van der Waals surface area contributed by atoms with E-state index >= 15 is 0 Å². The summed E-state index contributed by atoms with van der Waals surface area (Å²) in [5.41, 5.74) is 1.97. The van der Waals surface area contributed by atoms with Crippen LogP contribution in [0.25, 0.3) is 11.0 Å². The lowest BCUT2D eigenvalue weighted by Gasteiger charge is -2.25. The molecule has 0 N–H and O–H groups in total. The van der Waals surface area contributed by atoms with Crippen molar-refractivity contribution in [3.8, 4) is 0 Å². The van der Waals surface area contributed by atoms with E-state index in [4.69, 9.17) is 9.15 Å². The van der Waals surface area contributed by atoms with E-state index in [1.807, 2.05) is 12.1 Å². The second kappa shape index (κ2) is 9.02. The van der Waals surface area contributed by atoms with Crippen molar-refractivity contribution in [1.82, 2.24) is 4.90 Å². The van der Waals surface area contributed by atoms with Gasteiger partial charge in [0, 0.05) is 25.8 Å². The summed E-state index contributed by atoms with van der Waals surface area (Å²) >= 11 is 0. The first kappa shape index (κ1) is 21.2. The lowest BCUT2D eigenvalue weighted by Crippen LogP contribution is -2.37. The Morgan fingerprint density at radius 1 is 1.16 bits per heavy atom. The van der Waals surface area contributed by atoms with Gasteiger partial charge in [0.05, 0.1) is 11.5 Å². The largest absolute Gasteiger partial charge is 0.451 e. The van der Waals surface area contributed by atoms with E-state index in [0.717, 1.165) is 30.5 Å². The van der Waals surface area contributed by atoms with E-state index in [9.17, 15) is 14.0 Å². The maximum absolute atomic E-state index is 13.5. The first-order chi connectivity index (χ1) is 14.9. The van der Waals surface area contributed by atoms with Gasteiger partial charge in [0.2, 0.25) is 0 Å². The van der Waals surface area contributed by atoms with Crippen molar-refractivity contribution in [2.45, 2.75) is 45.3 Å². The molecule has 1 aliphatic heterocycles. The first-order valence-corrected chi connectivity index (χ1v) is 10.6. The summed E-state index contributed by atoms with van der Waals surface area (Å²) in [5, 5.41) is 0.117. The summed E-state index contributed by atoms with van der Waals surface area (Å²) in [7, 11) is 0. The summed E-state index contributed by atoms with van der Waals surface area (Å²) < 4.78 is 24.9. The second-order valence-electron chi connectivity index (χ2n) is 8.33. The Kier molecular flexibility index (Phi) is 6.18. The van der Waals surface area contributed by atoms with Gasteiger partial charge in [-0.3, -0.25) is 9.59 Å². The molecule has 162 valence electrons. The van der Waals surface area contributed by atoms with E-state index in [1.54, 1.807) is 4.90 Å². The van der Waals surface area contributed by atoms with Crippen LogP contribution < -0.4 is 5.43 Å². The van der Waals surface area contributed by atoms with Crippen molar-refractivity contribution in [1.29, 1.82) is 0 Å². The van der Waals surface area contributed by atoms with Gasteiger partial charge in [-0.05, 0) is 48.1 Å². The van der Waals surface area contributed by atoms with Crippen LogP contribution in [-0.4, -0.2) is 30.1 Å². The van der Waals surface area contributed by atoms with Crippen molar-refractivity contribution in [3.05, 3.63) is 81.5 Å². The minimum absolute atomic E-state index is 0.0415. The van der Waals surface area contributed by atoms with Crippen LogP contribution in [-0.2, 0) is 11.3 Å². The molecule has 0 radical (unpaired) electrons. The maximum Gasteiger partial charge on any atom is 0.290 e. The molecule has 1 aliphatic rings. The van der Waals surface area contributed by atoms with Crippen molar-refractivity contribution >= 4 is 16.9 Å². The third-order valence-electron chi connectivity index (χ3n) is 5.66. The van der Waals surface area contributed by atoms with E-state index in [-0.39, 0.29) is 28.7 Å². The topological polar surface area (TPSA) is 59.8 Å². The van der Waals surface area contributed by atoms with Gasteiger partial charge < -0.3 is 14.1 Å². The molecule has 2 aromatic carbocycles. The SMILES string of the molecule is CC(C)c1ccc(CN(C[C@H]2CCCO2)C(=O)c2cc(=O)c3cc(F)ccc3o2)cc1. The highest BCUT2D eigenvalue weighted by Crippen LogP contribution is 2.21. The smallest absolute Gasteiger partial charge is 0.290 e. The molecule has 3 aromatic rings. The highest BCUT2D eigenvalue weighted by atomic mass is 19.1. The summed E-state index contributed by atoms with van der Waals surface area (Å²) in [6.45, 7) is 5.75. The molecule has 1 amide bonds. The molecular weight excluding hydrogens is 397 g/mol. The lowest BCUT2D eigenvalue weighted by atomic mass is 10.0. The number of hydrogen-bond acceptors (Lipinski definition) is 4. The van der Waals surface area contributed by atoms with Crippen molar-refractivity contribution in [2.24, 2.45) is 0 Å². The zero-order valence-corrected chi connectivity index (χ0v) is 17.8. The van der Waals surface area contributed by atoms with E-state index in [2.05, 4.69) is 26.0 Å². The molecule has 4 rings (SSSR count). The molecule has 0 bridgehead atoms. The molecule has 1 atom stereocenters. The van der Waals surface area contributed by atoms with Crippen LogP contribution in [0.4, 0.5) is 4.39 Å². The van der Waals surface area contributed by atoms with Crippen molar-refractivity contribution in [2.75, 3.05) is 13.2 Å². The fraction of sp³-hybridized carbons (Fsp3) is 0.360. The number of nitrogens with zero attached hydrogens (tertiary/aromatic N) is 1. The summed E-state index contributed by atoms with van der Waals surface area (Å²) in [4.78, 5) is 27.5. The van der Waals surface area contributed by atoms with Crippen molar-refractivity contribution < 1.29 is 18.3 Å². The average molecular weight is 423 g/mol. The number of fused-ring (bicyclic) bond motifs is 1. The van der Waals surface area contributed by atoms with Crippen LogP contribution in [0, 0.1) is 5.82 Å². The minimum Gasteiger partial charge on any atom is -0.451 e. The van der Waals surface area contributed by atoms with Crippen LogP contribution in [0.5, 0.6) is 0 Å². The number of hydrogen-bond donors (Lipinski definition) is 0. The Morgan fingerprint density at radius 3 is 2.61 bits per heavy atom. The predicted octanol–water partition coefficient (Wildman–Crippen LogP) is 4.88. The Balaban J connectivity index is 1.63. The van der Waals surface area contributed by atoms with Crippen LogP contribution in [0.1, 0.15) is 54.3 Å². The molecule has 0 unspecified atom stereocenters. The molecule has 5 nitrogen and oxygen atoms in total. The molecule has 1 aromatic heterocycles. The fourth-order valence-electron chi connectivity index (χ4n) is 3.87. The Morgan fingerprint density at radius 2 is 1.94 bits per heavy atom. The van der Waals surface area contributed by atoms with E-state index in [1.165, 1.54) is 17.7 Å². The maximum atomic E-state index is 13.5. The number of benzene rings is 2. The summed E-state index contributed by atoms with van der Waals surface area (Å²) in [6, 6.07) is 13.0. The highest BCUT2D eigenvalue weighted by Gasteiger charge is 2.26. The Labute approximate surface area is 180 Å². The molecule has 6 heteroatoms. The van der Waals surface area contributed by atoms with Crippen LogP contribution in [0.3, 0.4) is 0 Å². The minimum atomic E-state index is -0.524. The number of amides is 1. The zero-order valence-electron chi connectivity index (χ0n) is 17.8. The van der Waals surface area contributed by atoms with Gasteiger partial charge in [0.25, 0.3) is 5.91 Å². The molecule has 0 spiro atoms. The van der Waals surface area contributed by atoms with Crippen LogP contribution in [0.2, 0.25) is 0 Å². The lowest BCUT2D eigenvalue weighted by molar-refractivity contribution is 0.0484. The molecule has 2 heterocycles. The normalized spacial score (nSPS) is 16.2. The number of ether oxygens (including phenoxy) is 1. The van der Waals surface area contributed by atoms with Gasteiger partial charge in [-0.1, -0.05) is 38.1 Å². The molecule has 1 saturated heterocycles. The molecule has 31 heavy (non-hydrogen) atoms. The fourth-order valence-corrected chi connectivity index (χ4v) is 3.87. The predicted molar refractivity (Wildman–Crippen MR) is 117 cm³/mol. The van der Waals surface area contributed by atoms with E-state index < -0.39 is 11.2 Å². The van der Waals surface area contributed by atoms with Crippen LogP contribution in [0.15, 0.2) is 57.7 Å². The van der Waals surface area contributed by atoms with Crippen LogP contribution >= 0.6 is 0 Å². The van der Waals surface area contributed by atoms with Gasteiger partial charge in [0.15, 0.2) is 11.2 Å². The summed E-state index contributed by atoms with van der Waals surface area (Å²) in [6.07, 6.45) is 1.81. The van der Waals surface area contributed by atoms with Gasteiger partial charge in [-0.15, -0.1) is 0 Å². The number of carbonyl (C=O) groups is 1.